The molecule has 1 aliphatic carbocycles. The van der Waals surface area contributed by atoms with Crippen molar-refractivity contribution in [3.8, 4) is 5.75 Å². The molecule has 0 saturated carbocycles. The fourth-order valence-corrected chi connectivity index (χ4v) is 5.68. The second-order valence-corrected chi connectivity index (χ2v) is 11.6. The molecule has 39 heavy (non-hydrogen) atoms. The molecule has 0 radical (unpaired) electrons. The minimum absolute atomic E-state index is 0.146. The largest absolute Gasteiger partial charge is 0.497 e. The van der Waals surface area contributed by atoms with Crippen LogP contribution in [0.15, 0.2) is 65.1 Å². The van der Waals surface area contributed by atoms with Crippen LogP contribution in [-0.2, 0) is 32.6 Å². The van der Waals surface area contributed by atoms with Crippen LogP contribution >= 0.6 is 0 Å². The number of carbonyl (C=O) groups excluding carboxylic acids is 2. The van der Waals surface area contributed by atoms with E-state index < -0.39 is 16.1 Å². The summed E-state index contributed by atoms with van der Waals surface area (Å²) < 4.78 is 32.1. The lowest BCUT2D eigenvalue weighted by atomic mass is 9.97. The van der Waals surface area contributed by atoms with Gasteiger partial charge in [0.2, 0.25) is 21.8 Å². The van der Waals surface area contributed by atoms with Crippen LogP contribution in [0.5, 0.6) is 5.75 Å². The van der Waals surface area contributed by atoms with E-state index in [1.165, 1.54) is 18.4 Å². The number of ether oxygens (including phenoxy) is 1. The zero-order chi connectivity index (χ0) is 28.3. The van der Waals surface area contributed by atoms with Crippen LogP contribution in [0.3, 0.4) is 0 Å². The van der Waals surface area contributed by atoms with Crippen molar-refractivity contribution in [3.05, 3.63) is 71.3 Å². The first-order valence-corrected chi connectivity index (χ1v) is 15.2. The van der Waals surface area contributed by atoms with Crippen molar-refractivity contribution in [1.82, 2.24) is 14.9 Å². The molecule has 1 atom stereocenters. The fraction of sp³-hybridized carbons (Fsp3) is 0.467. The minimum Gasteiger partial charge on any atom is -0.497 e. The number of hydrogen-bond donors (Lipinski definition) is 2. The number of aryl methyl sites for hydroxylation is 1. The van der Waals surface area contributed by atoms with Crippen LogP contribution in [0, 0.1) is 0 Å². The highest BCUT2D eigenvalue weighted by atomic mass is 32.2. The average molecular weight is 556 g/mol. The van der Waals surface area contributed by atoms with E-state index in [-0.39, 0.29) is 23.1 Å². The fourth-order valence-electron chi connectivity index (χ4n) is 4.64. The summed E-state index contributed by atoms with van der Waals surface area (Å²) in [6, 6.07) is 13.4. The maximum atomic E-state index is 13.4. The van der Waals surface area contributed by atoms with Crippen LogP contribution in [0.25, 0.3) is 0 Å². The molecule has 8 nitrogen and oxygen atoms in total. The molecule has 0 aliphatic heterocycles. The van der Waals surface area contributed by atoms with E-state index in [9.17, 15) is 18.0 Å². The molecule has 2 amide bonds. The van der Waals surface area contributed by atoms with Gasteiger partial charge in [0, 0.05) is 26.1 Å². The molecule has 212 valence electrons. The van der Waals surface area contributed by atoms with Crippen molar-refractivity contribution < 1.29 is 22.7 Å². The van der Waals surface area contributed by atoms with Crippen molar-refractivity contribution >= 4 is 21.8 Å². The summed E-state index contributed by atoms with van der Waals surface area (Å²) in [6.07, 6.45) is 8.38. The van der Waals surface area contributed by atoms with Gasteiger partial charge in [0.25, 0.3) is 0 Å². The monoisotopic (exact) mass is 555 g/mol. The Morgan fingerprint density at radius 3 is 2.31 bits per heavy atom. The molecule has 0 saturated heterocycles. The van der Waals surface area contributed by atoms with Gasteiger partial charge in [-0.15, -0.1) is 0 Å². The summed E-state index contributed by atoms with van der Waals surface area (Å²) in [7, 11) is -1.93. The summed E-state index contributed by atoms with van der Waals surface area (Å²) in [5, 5.41) is 3.02. The number of carbonyl (C=O) groups is 2. The normalized spacial score (nSPS) is 14.3. The van der Waals surface area contributed by atoms with Crippen LogP contribution < -0.4 is 14.8 Å². The smallest absolute Gasteiger partial charge is 0.242 e. The predicted octanol–water partition coefficient (Wildman–Crippen LogP) is 4.35. The highest BCUT2D eigenvalue weighted by Crippen LogP contribution is 2.20. The van der Waals surface area contributed by atoms with E-state index in [1.807, 2.05) is 24.3 Å². The molecule has 3 rings (SSSR count). The first-order valence-electron chi connectivity index (χ1n) is 13.7. The molecule has 0 fully saturated rings. The number of allylic oxidation sites excluding steroid dienone is 1. The average Bonchev–Trinajstić information content (AvgIpc) is 2.95. The molecular weight excluding hydrogens is 514 g/mol. The van der Waals surface area contributed by atoms with Gasteiger partial charge in [-0.2, -0.15) is 0 Å². The Morgan fingerprint density at radius 2 is 1.69 bits per heavy atom. The quantitative estimate of drug-likeness (QED) is 0.337. The lowest BCUT2D eigenvalue weighted by molar-refractivity contribution is -0.140. The summed E-state index contributed by atoms with van der Waals surface area (Å²) in [4.78, 5) is 28.3. The molecule has 0 aromatic heterocycles. The van der Waals surface area contributed by atoms with Gasteiger partial charge >= 0.3 is 0 Å². The number of hydrogen-bond acceptors (Lipinski definition) is 5. The van der Waals surface area contributed by atoms with Gasteiger partial charge in [0.1, 0.15) is 11.8 Å². The van der Waals surface area contributed by atoms with E-state index in [0.717, 1.165) is 36.1 Å². The summed E-state index contributed by atoms with van der Waals surface area (Å²) >= 11 is 0. The number of amides is 2. The number of benzene rings is 2. The third-order valence-electron chi connectivity index (χ3n) is 7.01. The lowest BCUT2D eigenvalue weighted by Crippen LogP contribution is -2.47. The molecule has 2 aromatic carbocycles. The van der Waals surface area contributed by atoms with Crippen molar-refractivity contribution in [3.63, 3.8) is 0 Å². The molecule has 2 aromatic rings. The second-order valence-electron chi connectivity index (χ2n) is 9.84. The molecular formula is C30H41N3O5S. The third kappa shape index (κ3) is 9.21. The highest BCUT2D eigenvalue weighted by Gasteiger charge is 2.26. The van der Waals surface area contributed by atoms with Gasteiger partial charge in [0.05, 0.1) is 12.0 Å². The Labute approximate surface area is 232 Å². The van der Waals surface area contributed by atoms with Crippen LogP contribution in [0.4, 0.5) is 0 Å². The molecule has 2 N–H and O–H groups in total. The van der Waals surface area contributed by atoms with Crippen molar-refractivity contribution in [2.24, 2.45) is 0 Å². The van der Waals surface area contributed by atoms with Gasteiger partial charge in [-0.25, -0.2) is 13.1 Å². The van der Waals surface area contributed by atoms with Gasteiger partial charge < -0.3 is 15.0 Å². The van der Waals surface area contributed by atoms with E-state index in [1.54, 1.807) is 50.1 Å². The summed E-state index contributed by atoms with van der Waals surface area (Å²) in [5.74, 6) is 0.401. The van der Waals surface area contributed by atoms with E-state index in [0.29, 0.717) is 26.1 Å². The van der Waals surface area contributed by atoms with Crippen molar-refractivity contribution in [1.29, 1.82) is 0 Å². The first kappa shape index (κ1) is 30.4. The zero-order valence-corrected chi connectivity index (χ0v) is 24.1. The van der Waals surface area contributed by atoms with Gasteiger partial charge in [0.15, 0.2) is 0 Å². The highest BCUT2D eigenvalue weighted by molar-refractivity contribution is 7.89. The predicted molar refractivity (Wildman–Crippen MR) is 153 cm³/mol. The van der Waals surface area contributed by atoms with Gasteiger partial charge in [-0.05, 0) is 80.8 Å². The Hall–Kier alpha value is -3.17. The standard InChI is InChI=1S/C30H41N3O5S/c1-4-32-39(36,37)28-17-12-25(13-18-28)14-19-29(34)33(22-26-10-15-27(38-3)16-11-26)23(2)30(35)31-21-20-24-8-6-5-7-9-24/h8,10-13,15-18,23,32H,4-7,9,14,19-22H2,1-3H3,(H,31,35)/t23-/m1/s1. The van der Waals surface area contributed by atoms with Crippen LogP contribution in [0.2, 0.25) is 0 Å². The Morgan fingerprint density at radius 1 is 1.00 bits per heavy atom. The van der Waals surface area contributed by atoms with Crippen molar-refractivity contribution in [2.75, 3.05) is 20.2 Å². The van der Waals surface area contributed by atoms with Crippen LogP contribution in [-0.4, -0.2) is 51.4 Å². The van der Waals surface area contributed by atoms with Gasteiger partial charge in [-0.3, -0.25) is 9.59 Å². The minimum atomic E-state index is -3.53. The maximum Gasteiger partial charge on any atom is 0.242 e. The summed E-state index contributed by atoms with van der Waals surface area (Å²) in [5.41, 5.74) is 3.14. The van der Waals surface area contributed by atoms with E-state index in [2.05, 4.69) is 16.1 Å². The Balaban J connectivity index is 1.66. The number of nitrogens with zero attached hydrogens (tertiary/aromatic N) is 1. The SMILES string of the molecule is CCNS(=O)(=O)c1ccc(CCC(=O)N(Cc2ccc(OC)cc2)[C@H](C)C(=O)NCCC2=CCCCC2)cc1. The Bertz CT molecular complexity index is 1220. The molecule has 0 unspecified atom stereocenters. The second kappa shape index (κ2) is 14.8. The topological polar surface area (TPSA) is 105 Å². The molecule has 0 bridgehead atoms. The Kier molecular flexibility index (Phi) is 11.6. The van der Waals surface area contributed by atoms with Gasteiger partial charge in [-0.1, -0.05) is 42.8 Å². The zero-order valence-electron chi connectivity index (χ0n) is 23.2. The van der Waals surface area contributed by atoms with E-state index >= 15 is 0 Å². The summed E-state index contributed by atoms with van der Waals surface area (Å²) in [6.45, 7) is 4.65. The van der Waals surface area contributed by atoms with Crippen LogP contribution in [0.1, 0.15) is 63.5 Å². The number of nitrogens with one attached hydrogen (secondary N) is 2. The number of methoxy groups -OCH3 is 1. The number of sulfonamides is 1. The maximum absolute atomic E-state index is 13.4. The number of rotatable bonds is 14. The molecule has 9 heteroatoms. The molecule has 0 spiro atoms. The van der Waals surface area contributed by atoms with E-state index in [4.69, 9.17) is 4.74 Å². The molecule has 1 aliphatic rings. The lowest BCUT2D eigenvalue weighted by Gasteiger charge is -2.29. The molecule has 0 heterocycles. The van der Waals surface area contributed by atoms with Crippen molar-refractivity contribution in [2.45, 2.75) is 76.3 Å². The third-order valence-corrected chi connectivity index (χ3v) is 8.57. The first-order chi connectivity index (χ1) is 18.7.